The number of aromatic nitrogens is 2. The monoisotopic (exact) mass is 591 g/mol. The molecule has 1 aromatic heterocycles. The number of nitrogens with zero attached hydrogens (tertiary/aromatic N) is 3. The highest BCUT2D eigenvalue weighted by atomic mass is 35.5. The van der Waals surface area contributed by atoms with Crippen molar-refractivity contribution in [3.8, 4) is 28.6 Å². The highest BCUT2D eigenvalue weighted by molar-refractivity contribution is 5.85. The molecule has 7 nitrogen and oxygen atoms in total. The minimum absolute atomic E-state index is 0. The van der Waals surface area contributed by atoms with Gasteiger partial charge < -0.3 is 14.4 Å². The molecular weight excluding hydrogens is 568 g/mol. The number of carboxylic acids is 1. The van der Waals surface area contributed by atoms with E-state index >= 15 is 0 Å². The minimum atomic E-state index is -4.97. The van der Waals surface area contributed by atoms with Crippen molar-refractivity contribution >= 4 is 18.4 Å². The van der Waals surface area contributed by atoms with E-state index in [1.165, 1.54) is 0 Å². The molecule has 0 saturated heterocycles. The third-order valence-corrected chi connectivity index (χ3v) is 7.12. The lowest BCUT2D eigenvalue weighted by Gasteiger charge is -2.33. The number of hydrogen-bond acceptors (Lipinski definition) is 6. The van der Waals surface area contributed by atoms with Gasteiger partial charge in [0.1, 0.15) is 5.75 Å². The van der Waals surface area contributed by atoms with Crippen LogP contribution in [-0.4, -0.2) is 44.9 Å². The fourth-order valence-electron chi connectivity index (χ4n) is 5.13. The van der Waals surface area contributed by atoms with E-state index < -0.39 is 36.2 Å². The van der Waals surface area contributed by atoms with Crippen molar-refractivity contribution in [1.29, 1.82) is 0 Å². The van der Waals surface area contributed by atoms with Crippen molar-refractivity contribution in [3.05, 3.63) is 53.1 Å². The Morgan fingerprint density at radius 2 is 1.65 bits per heavy atom. The molecular formula is C26H24ClF6N3O4. The van der Waals surface area contributed by atoms with E-state index in [9.17, 15) is 36.2 Å². The Labute approximate surface area is 230 Å². The molecule has 1 aliphatic heterocycles. The first-order valence-corrected chi connectivity index (χ1v) is 12.2. The highest BCUT2D eigenvalue weighted by Gasteiger charge is 2.37. The predicted octanol–water partition coefficient (Wildman–Crippen LogP) is 6.74. The molecule has 1 fully saturated rings. The summed E-state index contributed by atoms with van der Waals surface area (Å²) < 4.78 is 87.5. The fourth-order valence-corrected chi connectivity index (χ4v) is 5.13. The number of halogens is 7. The van der Waals surface area contributed by atoms with Crippen LogP contribution in [0.3, 0.4) is 0 Å². The minimum Gasteiger partial charge on any atom is -0.483 e. The van der Waals surface area contributed by atoms with E-state index in [0.29, 0.717) is 37.1 Å². The summed E-state index contributed by atoms with van der Waals surface area (Å²) >= 11 is 0. The smallest absolute Gasteiger partial charge is 0.422 e. The van der Waals surface area contributed by atoms with Crippen molar-refractivity contribution in [2.75, 3.05) is 6.61 Å². The SMILES string of the molecule is Cl.O=C(O)C1CCC(N2Cc3ccc(-c4noc(-c5ccc(OCC(F)(F)F)c(C(F)(F)F)c5)n4)cc3C2)CC1. The van der Waals surface area contributed by atoms with Gasteiger partial charge in [-0.15, -0.1) is 12.4 Å². The van der Waals surface area contributed by atoms with Crippen LogP contribution in [0.15, 0.2) is 40.9 Å². The molecule has 3 aromatic rings. The molecule has 1 saturated carbocycles. The second kappa shape index (κ2) is 11.3. The van der Waals surface area contributed by atoms with Crippen LogP contribution in [0.5, 0.6) is 5.75 Å². The first kappa shape index (κ1) is 29.7. The van der Waals surface area contributed by atoms with Crippen molar-refractivity contribution < 1.29 is 45.5 Å². The average Bonchev–Trinajstić information content (AvgIpc) is 3.54. The maximum absolute atomic E-state index is 13.5. The Morgan fingerprint density at radius 3 is 2.30 bits per heavy atom. The summed E-state index contributed by atoms with van der Waals surface area (Å²) in [6.45, 7) is -0.456. The zero-order chi connectivity index (χ0) is 27.9. The number of hydrogen-bond donors (Lipinski definition) is 1. The van der Waals surface area contributed by atoms with Crippen LogP contribution >= 0.6 is 12.4 Å². The van der Waals surface area contributed by atoms with Crippen LogP contribution in [0.2, 0.25) is 0 Å². The van der Waals surface area contributed by atoms with Gasteiger partial charge in [0.15, 0.2) is 6.61 Å². The molecule has 2 heterocycles. The van der Waals surface area contributed by atoms with Gasteiger partial charge in [-0.2, -0.15) is 31.3 Å². The van der Waals surface area contributed by atoms with Crippen molar-refractivity contribution in [2.45, 2.75) is 57.2 Å². The molecule has 0 bridgehead atoms. The Bertz CT molecular complexity index is 1370. The van der Waals surface area contributed by atoms with E-state index in [4.69, 9.17) is 4.52 Å². The topological polar surface area (TPSA) is 88.7 Å². The molecule has 0 atom stereocenters. The first-order valence-electron chi connectivity index (χ1n) is 12.2. The standard InChI is InChI=1S/C26H23F6N3O4.ClH/c27-25(28,29)13-38-21-8-5-16(10-20(21)26(30,31)32)23-33-22(34-39-23)15-1-2-17-11-35(12-18(17)9-15)19-6-3-14(4-7-19)24(36)37;/h1-2,5,8-10,14,19H,3-4,6-7,11-13H2,(H,36,37);1H. The van der Waals surface area contributed by atoms with E-state index in [-0.39, 0.29) is 35.6 Å². The second-order valence-corrected chi connectivity index (χ2v) is 9.77. The van der Waals surface area contributed by atoms with Gasteiger partial charge in [0.05, 0.1) is 11.5 Å². The molecule has 40 heavy (non-hydrogen) atoms. The van der Waals surface area contributed by atoms with Crippen molar-refractivity contribution in [2.24, 2.45) is 5.92 Å². The van der Waals surface area contributed by atoms with Gasteiger partial charge in [-0.1, -0.05) is 17.3 Å². The summed E-state index contributed by atoms with van der Waals surface area (Å²) in [6.07, 6.45) is -6.85. The molecule has 216 valence electrons. The summed E-state index contributed by atoms with van der Waals surface area (Å²) in [6, 6.07) is 8.43. The van der Waals surface area contributed by atoms with Gasteiger partial charge in [0.2, 0.25) is 5.82 Å². The number of rotatable bonds is 6. The quantitative estimate of drug-likeness (QED) is 0.317. The van der Waals surface area contributed by atoms with Gasteiger partial charge in [0, 0.05) is 30.3 Å². The lowest BCUT2D eigenvalue weighted by Crippen LogP contribution is -2.35. The van der Waals surface area contributed by atoms with Crippen molar-refractivity contribution in [3.63, 3.8) is 0 Å². The number of carboxylic acid groups (broad SMARTS) is 1. The second-order valence-electron chi connectivity index (χ2n) is 9.77. The van der Waals surface area contributed by atoms with E-state index in [1.807, 2.05) is 12.1 Å². The maximum Gasteiger partial charge on any atom is 0.422 e. The zero-order valence-corrected chi connectivity index (χ0v) is 21.6. The Morgan fingerprint density at radius 1 is 0.975 bits per heavy atom. The largest absolute Gasteiger partial charge is 0.483 e. The maximum atomic E-state index is 13.5. The van der Waals surface area contributed by atoms with E-state index in [1.54, 1.807) is 6.07 Å². The van der Waals surface area contributed by atoms with Crippen LogP contribution in [0.1, 0.15) is 42.4 Å². The van der Waals surface area contributed by atoms with Gasteiger partial charge in [-0.05, 0) is 61.1 Å². The highest BCUT2D eigenvalue weighted by Crippen LogP contribution is 2.40. The molecule has 0 amide bonds. The van der Waals surface area contributed by atoms with Gasteiger partial charge in [0.25, 0.3) is 5.89 Å². The molecule has 2 aromatic carbocycles. The molecule has 0 radical (unpaired) electrons. The summed E-state index contributed by atoms with van der Waals surface area (Å²) in [7, 11) is 0. The van der Waals surface area contributed by atoms with Crippen LogP contribution in [0, 0.1) is 5.92 Å². The summed E-state index contributed by atoms with van der Waals surface area (Å²) in [4.78, 5) is 17.8. The predicted molar refractivity (Wildman–Crippen MR) is 132 cm³/mol. The average molecular weight is 592 g/mol. The van der Waals surface area contributed by atoms with E-state index in [0.717, 1.165) is 42.6 Å². The Balaban J connectivity index is 0.00000370. The summed E-state index contributed by atoms with van der Waals surface area (Å²) in [5.74, 6) is -2.07. The van der Waals surface area contributed by atoms with E-state index in [2.05, 4.69) is 19.8 Å². The number of fused-ring (bicyclic) bond motifs is 1. The molecule has 0 unspecified atom stereocenters. The normalized spacial score (nSPS) is 19.6. The number of carbonyl (C=O) groups is 1. The van der Waals surface area contributed by atoms with Crippen molar-refractivity contribution in [1.82, 2.24) is 15.0 Å². The molecule has 5 rings (SSSR count). The van der Waals surface area contributed by atoms with Gasteiger partial charge in [-0.25, -0.2) is 0 Å². The molecule has 1 aliphatic carbocycles. The number of aliphatic carboxylic acids is 1. The lowest BCUT2D eigenvalue weighted by atomic mass is 9.85. The molecule has 0 spiro atoms. The number of benzene rings is 2. The molecule has 1 N–H and O–H groups in total. The first-order chi connectivity index (χ1) is 18.4. The van der Waals surface area contributed by atoms with Crippen LogP contribution in [-0.2, 0) is 24.1 Å². The number of alkyl halides is 6. The van der Waals surface area contributed by atoms with Gasteiger partial charge >= 0.3 is 18.3 Å². The van der Waals surface area contributed by atoms with Crippen LogP contribution in [0.25, 0.3) is 22.8 Å². The van der Waals surface area contributed by atoms with Crippen LogP contribution < -0.4 is 4.74 Å². The number of ether oxygens (including phenoxy) is 1. The Kier molecular flexibility index (Phi) is 8.36. The third-order valence-electron chi connectivity index (χ3n) is 7.12. The summed E-state index contributed by atoms with van der Waals surface area (Å²) in [5.41, 5.74) is 1.25. The lowest BCUT2D eigenvalue weighted by molar-refractivity contribution is -0.158. The molecule has 14 heteroatoms. The molecule has 2 aliphatic rings. The summed E-state index contributed by atoms with van der Waals surface area (Å²) in [5, 5.41) is 13.1. The zero-order valence-electron chi connectivity index (χ0n) is 20.8. The van der Waals surface area contributed by atoms with Gasteiger partial charge in [-0.3, -0.25) is 9.69 Å². The van der Waals surface area contributed by atoms with Crippen LogP contribution in [0.4, 0.5) is 26.3 Å². The third kappa shape index (κ3) is 6.52. The fraction of sp³-hybridized carbons (Fsp3) is 0.423. The Hall–Kier alpha value is -3.32.